The van der Waals surface area contributed by atoms with E-state index in [1.54, 1.807) is 28.7 Å². The van der Waals surface area contributed by atoms with Gasteiger partial charge in [0.1, 0.15) is 0 Å². The van der Waals surface area contributed by atoms with Crippen LogP contribution >= 0.6 is 11.8 Å². The van der Waals surface area contributed by atoms with Gasteiger partial charge in [0, 0.05) is 24.3 Å². The van der Waals surface area contributed by atoms with Crippen LogP contribution in [0.5, 0.6) is 0 Å². The zero-order valence-corrected chi connectivity index (χ0v) is 17.2. The molecule has 3 aromatic rings. The molecule has 1 amide bonds. The van der Waals surface area contributed by atoms with Crippen molar-refractivity contribution in [2.75, 3.05) is 34.8 Å². The van der Waals surface area contributed by atoms with E-state index in [0.717, 1.165) is 0 Å². The molecule has 1 aromatic carbocycles. The first-order valence-electron chi connectivity index (χ1n) is 9.16. The molecule has 0 aliphatic rings. The maximum absolute atomic E-state index is 12.3. The number of rotatable bonds is 9. The SMILES string of the molecule is CCNc1nc(NCC)n2c(SCC(=O)Nc3ccc(C(C)=O)cc3)nnc2n1. The van der Waals surface area contributed by atoms with E-state index in [1.807, 2.05) is 13.8 Å². The predicted molar refractivity (Wildman–Crippen MR) is 113 cm³/mol. The van der Waals surface area contributed by atoms with Crippen molar-refractivity contribution in [3.05, 3.63) is 29.8 Å². The van der Waals surface area contributed by atoms with Crippen LogP contribution in [0.25, 0.3) is 5.78 Å². The number of carbonyl (C=O) groups excluding carboxylic acids is 2. The number of carbonyl (C=O) groups is 2. The number of amides is 1. The Bertz CT molecular complexity index is 1020. The standard InChI is InChI=1S/C18H22N8O2S/c1-4-19-15-22-16(20-5-2)26-17(23-15)24-25-18(26)29-10-14(28)21-13-8-6-12(7-9-13)11(3)27/h6-9H,4-5,10H2,1-3H3,(H,21,28)(H2,19,20,22,23,24). The molecule has 3 rings (SSSR count). The summed E-state index contributed by atoms with van der Waals surface area (Å²) in [6, 6.07) is 6.76. The topological polar surface area (TPSA) is 126 Å². The number of hydrogen-bond acceptors (Lipinski definition) is 9. The average Bonchev–Trinajstić information content (AvgIpc) is 3.10. The Labute approximate surface area is 171 Å². The molecule has 0 spiro atoms. The molecule has 29 heavy (non-hydrogen) atoms. The van der Waals surface area contributed by atoms with Gasteiger partial charge in [-0.05, 0) is 45.0 Å². The number of thioether (sulfide) groups is 1. The quantitative estimate of drug-likeness (QED) is 0.357. The third-order valence-electron chi connectivity index (χ3n) is 3.82. The molecule has 0 aliphatic carbocycles. The van der Waals surface area contributed by atoms with Gasteiger partial charge < -0.3 is 16.0 Å². The second-order valence-electron chi connectivity index (χ2n) is 6.02. The molecule has 152 valence electrons. The van der Waals surface area contributed by atoms with Crippen LogP contribution in [0.15, 0.2) is 29.4 Å². The highest BCUT2D eigenvalue weighted by Crippen LogP contribution is 2.21. The zero-order chi connectivity index (χ0) is 20.8. The molecule has 2 heterocycles. The van der Waals surface area contributed by atoms with Gasteiger partial charge in [-0.3, -0.25) is 9.59 Å². The Morgan fingerprint density at radius 3 is 2.41 bits per heavy atom. The van der Waals surface area contributed by atoms with Crippen LogP contribution < -0.4 is 16.0 Å². The van der Waals surface area contributed by atoms with Gasteiger partial charge in [0.2, 0.25) is 17.8 Å². The normalized spacial score (nSPS) is 10.7. The van der Waals surface area contributed by atoms with Crippen LogP contribution in [-0.4, -0.2) is 55.1 Å². The van der Waals surface area contributed by atoms with Crippen LogP contribution in [0.2, 0.25) is 0 Å². The number of fused-ring (bicyclic) bond motifs is 1. The van der Waals surface area contributed by atoms with Crippen LogP contribution in [0.4, 0.5) is 17.6 Å². The molecule has 11 heteroatoms. The predicted octanol–water partition coefficient (Wildman–Crippen LogP) is 2.32. The minimum atomic E-state index is -0.197. The fraction of sp³-hybridized carbons (Fsp3) is 0.333. The van der Waals surface area contributed by atoms with Gasteiger partial charge >= 0.3 is 0 Å². The maximum Gasteiger partial charge on any atom is 0.261 e. The minimum absolute atomic E-state index is 0.0203. The van der Waals surface area contributed by atoms with Crippen molar-refractivity contribution in [3.63, 3.8) is 0 Å². The summed E-state index contributed by atoms with van der Waals surface area (Å²) < 4.78 is 1.68. The summed E-state index contributed by atoms with van der Waals surface area (Å²) in [6.07, 6.45) is 0. The largest absolute Gasteiger partial charge is 0.355 e. The number of ketones is 1. The summed E-state index contributed by atoms with van der Waals surface area (Å²) >= 11 is 1.23. The Morgan fingerprint density at radius 2 is 1.76 bits per heavy atom. The van der Waals surface area contributed by atoms with Gasteiger partial charge in [-0.1, -0.05) is 11.8 Å². The molecule has 0 saturated heterocycles. The third-order valence-corrected chi connectivity index (χ3v) is 4.75. The van der Waals surface area contributed by atoms with Crippen LogP contribution in [0.3, 0.4) is 0 Å². The Morgan fingerprint density at radius 1 is 1.03 bits per heavy atom. The lowest BCUT2D eigenvalue weighted by molar-refractivity contribution is -0.113. The van der Waals surface area contributed by atoms with E-state index in [-0.39, 0.29) is 17.4 Å². The fourth-order valence-corrected chi connectivity index (χ4v) is 3.24. The van der Waals surface area contributed by atoms with Crippen molar-refractivity contribution in [3.8, 4) is 0 Å². The molecule has 0 bridgehead atoms. The van der Waals surface area contributed by atoms with Crippen molar-refractivity contribution in [1.82, 2.24) is 24.6 Å². The van der Waals surface area contributed by atoms with E-state index >= 15 is 0 Å². The van der Waals surface area contributed by atoms with Crippen LogP contribution in [0, 0.1) is 0 Å². The van der Waals surface area contributed by atoms with E-state index in [4.69, 9.17) is 0 Å². The molecule has 0 fully saturated rings. The first-order valence-corrected chi connectivity index (χ1v) is 10.1. The van der Waals surface area contributed by atoms with Gasteiger partial charge in [0.15, 0.2) is 10.9 Å². The van der Waals surface area contributed by atoms with E-state index in [1.165, 1.54) is 18.7 Å². The number of nitrogens with one attached hydrogen (secondary N) is 3. The summed E-state index contributed by atoms with van der Waals surface area (Å²) in [5.41, 5.74) is 1.22. The second-order valence-corrected chi connectivity index (χ2v) is 6.96. The Hall–Kier alpha value is -3.21. The second kappa shape index (κ2) is 9.32. The number of nitrogens with zero attached hydrogens (tertiary/aromatic N) is 5. The number of aromatic nitrogens is 5. The summed E-state index contributed by atoms with van der Waals surface area (Å²) in [7, 11) is 0. The smallest absolute Gasteiger partial charge is 0.261 e. The maximum atomic E-state index is 12.3. The lowest BCUT2D eigenvalue weighted by Gasteiger charge is -2.09. The Balaban J connectivity index is 1.71. The van der Waals surface area contributed by atoms with Gasteiger partial charge in [0.25, 0.3) is 5.78 Å². The van der Waals surface area contributed by atoms with Gasteiger partial charge in [0.05, 0.1) is 5.75 Å². The third kappa shape index (κ3) is 4.99. The van der Waals surface area contributed by atoms with Gasteiger partial charge in [-0.2, -0.15) is 9.97 Å². The number of anilines is 3. The molecular weight excluding hydrogens is 392 g/mol. The summed E-state index contributed by atoms with van der Waals surface area (Å²) in [6.45, 7) is 6.77. The highest BCUT2D eigenvalue weighted by atomic mass is 32.2. The van der Waals surface area contributed by atoms with Crippen LogP contribution in [-0.2, 0) is 4.79 Å². The molecule has 0 atom stereocenters. The summed E-state index contributed by atoms with van der Waals surface area (Å²) in [4.78, 5) is 32.4. The highest BCUT2D eigenvalue weighted by molar-refractivity contribution is 7.99. The average molecular weight is 414 g/mol. The lowest BCUT2D eigenvalue weighted by Crippen LogP contribution is -2.15. The molecule has 0 radical (unpaired) electrons. The molecule has 0 unspecified atom stereocenters. The molecule has 10 nitrogen and oxygen atoms in total. The fourth-order valence-electron chi connectivity index (χ4n) is 2.51. The van der Waals surface area contributed by atoms with E-state index in [2.05, 4.69) is 36.1 Å². The lowest BCUT2D eigenvalue weighted by atomic mass is 10.1. The summed E-state index contributed by atoms with van der Waals surface area (Å²) in [5, 5.41) is 17.8. The number of Topliss-reactive ketones (excluding diaryl/α,β-unsaturated/α-hetero) is 1. The number of benzene rings is 1. The van der Waals surface area contributed by atoms with Crippen molar-refractivity contribution in [1.29, 1.82) is 0 Å². The van der Waals surface area contributed by atoms with Gasteiger partial charge in [-0.15, -0.1) is 10.2 Å². The van der Waals surface area contributed by atoms with Crippen molar-refractivity contribution >= 4 is 46.8 Å². The van der Waals surface area contributed by atoms with Gasteiger partial charge in [-0.25, -0.2) is 4.40 Å². The van der Waals surface area contributed by atoms with E-state index in [9.17, 15) is 9.59 Å². The monoisotopic (exact) mass is 414 g/mol. The minimum Gasteiger partial charge on any atom is -0.355 e. The first-order chi connectivity index (χ1) is 14.0. The van der Waals surface area contributed by atoms with Crippen molar-refractivity contribution < 1.29 is 9.59 Å². The molecule has 2 aromatic heterocycles. The molecule has 0 saturated carbocycles. The number of hydrogen-bond donors (Lipinski definition) is 3. The molecule has 3 N–H and O–H groups in total. The van der Waals surface area contributed by atoms with E-state index in [0.29, 0.717) is 47.2 Å². The van der Waals surface area contributed by atoms with Crippen LogP contribution in [0.1, 0.15) is 31.1 Å². The first kappa shape index (κ1) is 20.5. The molecule has 0 aliphatic heterocycles. The molecular formula is C18H22N8O2S. The van der Waals surface area contributed by atoms with E-state index < -0.39 is 0 Å². The summed E-state index contributed by atoms with van der Waals surface area (Å²) in [5.74, 6) is 1.34. The zero-order valence-electron chi connectivity index (χ0n) is 16.4. The van der Waals surface area contributed by atoms with Crippen molar-refractivity contribution in [2.24, 2.45) is 0 Å². The Kier molecular flexibility index (Phi) is 6.60. The highest BCUT2D eigenvalue weighted by Gasteiger charge is 2.16. The van der Waals surface area contributed by atoms with Crippen molar-refractivity contribution in [2.45, 2.75) is 25.9 Å².